The van der Waals surface area contributed by atoms with Crippen molar-refractivity contribution in [3.63, 3.8) is 0 Å². The molecule has 9 heteroatoms. The average molecular weight is 521 g/mol. The van der Waals surface area contributed by atoms with Crippen LogP contribution in [0.1, 0.15) is 38.7 Å². The molecule has 2 amide bonds. The van der Waals surface area contributed by atoms with Crippen LogP contribution in [0.15, 0.2) is 48.5 Å². The molecule has 0 aromatic heterocycles. The van der Waals surface area contributed by atoms with Crippen LogP contribution in [0.2, 0.25) is 0 Å². The molecule has 1 atom stereocenters. The third kappa shape index (κ3) is 11.3. The summed E-state index contributed by atoms with van der Waals surface area (Å²) in [6.07, 6.45) is 2.92. The van der Waals surface area contributed by atoms with Crippen molar-refractivity contribution in [3.8, 4) is 5.75 Å². The Hall–Kier alpha value is -2.78. The third-order valence-electron chi connectivity index (χ3n) is 5.38. The molecule has 0 spiro atoms. The molecule has 2 aromatic carbocycles. The van der Waals surface area contributed by atoms with E-state index in [0.717, 1.165) is 23.5 Å². The maximum Gasteiger partial charge on any atom is 0.333 e. The normalized spacial score (nSPS) is 11.6. The van der Waals surface area contributed by atoms with Crippen molar-refractivity contribution in [2.24, 2.45) is 0 Å². The minimum Gasteiger partial charge on any atom is -0.492 e. The standard InChI is InChI=1S/C27H37FN2O5S/c1-3-5-6-17-36-18-15-30(27(33)29-23-9-7-8-22(28)20-23)14-16-35-24-12-10-21(11-13-24)19-25(26(31)32)34-4-2/h7-13,20,25H,3-6,14-19H2,1-2H3,(H,29,33)(H,31,32). The lowest BCUT2D eigenvalue weighted by Gasteiger charge is -2.23. The van der Waals surface area contributed by atoms with Gasteiger partial charge in [0.1, 0.15) is 18.2 Å². The molecule has 1 unspecified atom stereocenters. The van der Waals surface area contributed by atoms with Crippen LogP contribution in [0.3, 0.4) is 0 Å². The number of carboxylic acid groups (broad SMARTS) is 1. The summed E-state index contributed by atoms with van der Waals surface area (Å²) in [5, 5.41) is 12.0. The number of hydrogen-bond donors (Lipinski definition) is 2. The predicted octanol–water partition coefficient (Wildman–Crippen LogP) is 5.69. The van der Waals surface area contributed by atoms with Crippen molar-refractivity contribution in [2.75, 3.05) is 43.1 Å². The maximum absolute atomic E-state index is 13.5. The smallest absolute Gasteiger partial charge is 0.333 e. The zero-order valence-corrected chi connectivity index (χ0v) is 21.9. The molecule has 0 aliphatic heterocycles. The third-order valence-corrected chi connectivity index (χ3v) is 6.43. The number of nitrogens with one attached hydrogen (secondary N) is 1. The first-order valence-electron chi connectivity index (χ1n) is 12.4. The number of amides is 2. The first kappa shape index (κ1) is 29.5. The summed E-state index contributed by atoms with van der Waals surface area (Å²) >= 11 is 1.81. The quantitative estimate of drug-likeness (QED) is 0.260. The van der Waals surface area contributed by atoms with Crippen molar-refractivity contribution in [1.29, 1.82) is 0 Å². The molecule has 0 aliphatic rings. The number of carbonyl (C=O) groups excluding carboxylic acids is 1. The van der Waals surface area contributed by atoms with Crippen LogP contribution in [-0.2, 0) is 16.0 Å². The summed E-state index contributed by atoms with van der Waals surface area (Å²) in [6, 6.07) is 12.7. The van der Waals surface area contributed by atoms with Crippen LogP contribution < -0.4 is 10.1 Å². The molecule has 0 heterocycles. The van der Waals surface area contributed by atoms with Gasteiger partial charge < -0.3 is 24.8 Å². The lowest BCUT2D eigenvalue weighted by molar-refractivity contribution is -0.149. The van der Waals surface area contributed by atoms with E-state index in [-0.39, 0.29) is 19.1 Å². The van der Waals surface area contributed by atoms with E-state index in [9.17, 15) is 19.1 Å². The fourth-order valence-corrected chi connectivity index (χ4v) is 4.40. The number of hydrogen-bond acceptors (Lipinski definition) is 5. The fourth-order valence-electron chi connectivity index (χ4n) is 3.44. The van der Waals surface area contributed by atoms with Gasteiger partial charge in [-0.2, -0.15) is 11.8 Å². The van der Waals surface area contributed by atoms with Crippen molar-refractivity contribution in [3.05, 3.63) is 59.9 Å². The zero-order chi connectivity index (χ0) is 26.2. The highest BCUT2D eigenvalue weighted by molar-refractivity contribution is 7.99. The van der Waals surface area contributed by atoms with Gasteiger partial charge in [0.05, 0.1) is 6.54 Å². The van der Waals surface area contributed by atoms with Crippen molar-refractivity contribution < 1.29 is 28.6 Å². The predicted molar refractivity (Wildman–Crippen MR) is 143 cm³/mol. The number of rotatable bonds is 17. The lowest BCUT2D eigenvalue weighted by atomic mass is 10.1. The van der Waals surface area contributed by atoms with Crippen molar-refractivity contribution in [1.82, 2.24) is 4.90 Å². The minimum absolute atomic E-state index is 0.271. The molecule has 2 N–H and O–H groups in total. The Bertz CT molecular complexity index is 929. The van der Waals surface area contributed by atoms with Crippen LogP contribution in [0.5, 0.6) is 5.75 Å². The summed E-state index contributed by atoms with van der Waals surface area (Å²) in [6.45, 7) is 5.47. The van der Waals surface area contributed by atoms with Gasteiger partial charge in [-0.05, 0) is 55.0 Å². The first-order chi connectivity index (χ1) is 17.4. The summed E-state index contributed by atoms with van der Waals surface area (Å²) in [5.41, 5.74) is 1.24. The molecule has 36 heavy (non-hydrogen) atoms. The van der Waals surface area contributed by atoms with Gasteiger partial charge in [0, 0.05) is 31.0 Å². The van der Waals surface area contributed by atoms with Gasteiger partial charge >= 0.3 is 12.0 Å². The molecule has 0 saturated heterocycles. The van der Waals surface area contributed by atoms with Crippen LogP contribution in [0, 0.1) is 5.82 Å². The van der Waals surface area contributed by atoms with Gasteiger partial charge in [0.25, 0.3) is 0 Å². The first-order valence-corrected chi connectivity index (χ1v) is 13.5. The maximum atomic E-state index is 13.5. The second kappa shape index (κ2) is 16.8. The van der Waals surface area contributed by atoms with E-state index in [4.69, 9.17) is 9.47 Å². The average Bonchev–Trinajstić information content (AvgIpc) is 2.85. The van der Waals surface area contributed by atoms with E-state index in [1.54, 1.807) is 36.1 Å². The van der Waals surface area contributed by atoms with Crippen LogP contribution in [0.4, 0.5) is 14.9 Å². The SMILES string of the molecule is CCCCCSCCN(CCOc1ccc(CC(OCC)C(=O)O)cc1)C(=O)Nc1cccc(F)c1. The van der Waals surface area contributed by atoms with Crippen LogP contribution in [-0.4, -0.2) is 65.9 Å². The van der Waals surface area contributed by atoms with Gasteiger partial charge in [-0.15, -0.1) is 0 Å². The summed E-state index contributed by atoms with van der Waals surface area (Å²) in [5.74, 6) is 1.09. The van der Waals surface area contributed by atoms with E-state index >= 15 is 0 Å². The number of aliphatic carboxylic acids is 1. The molecular weight excluding hydrogens is 483 g/mol. The zero-order valence-electron chi connectivity index (χ0n) is 21.1. The molecular formula is C27H37FN2O5S. The Balaban J connectivity index is 1.89. The largest absolute Gasteiger partial charge is 0.492 e. The van der Waals surface area contributed by atoms with Gasteiger partial charge in [0.15, 0.2) is 6.10 Å². The number of nitrogens with zero attached hydrogens (tertiary/aromatic N) is 1. The number of unbranched alkanes of at least 4 members (excludes halogenated alkanes) is 2. The Kier molecular flexibility index (Phi) is 13.8. The Morgan fingerprint density at radius 1 is 1.08 bits per heavy atom. The molecule has 0 radical (unpaired) electrons. The number of carboxylic acids is 1. The Morgan fingerprint density at radius 2 is 1.86 bits per heavy atom. The van der Waals surface area contributed by atoms with Crippen molar-refractivity contribution in [2.45, 2.75) is 45.6 Å². The number of urea groups is 1. The fraction of sp³-hybridized carbons (Fsp3) is 0.481. The molecule has 198 valence electrons. The van der Waals surface area contributed by atoms with E-state index < -0.39 is 17.9 Å². The summed E-state index contributed by atoms with van der Waals surface area (Å²) < 4.78 is 24.6. The molecule has 7 nitrogen and oxygen atoms in total. The minimum atomic E-state index is -0.989. The van der Waals surface area contributed by atoms with E-state index in [1.165, 1.54) is 25.0 Å². The number of ether oxygens (including phenoxy) is 2. The highest BCUT2D eigenvalue weighted by Crippen LogP contribution is 2.16. The number of carbonyl (C=O) groups is 2. The van der Waals surface area contributed by atoms with E-state index in [0.29, 0.717) is 31.1 Å². The Labute approximate surface area is 217 Å². The summed E-state index contributed by atoms with van der Waals surface area (Å²) in [7, 11) is 0. The topological polar surface area (TPSA) is 88.1 Å². The van der Waals surface area contributed by atoms with Gasteiger partial charge in [-0.1, -0.05) is 38.0 Å². The Morgan fingerprint density at radius 3 is 2.53 bits per heavy atom. The molecule has 2 rings (SSSR count). The van der Waals surface area contributed by atoms with E-state index in [2.05, 4.69) is 12.2 Å². The molecule has 0 fully saturated rings. The van der Waals surface area contributed by atoms with Gasteiger partial charge in [0.2, 0.25) is 0 Å². The highest BCUT2D eigenvalue weighted by Gasteiger charge is 2.18. The van der Waals surface area contributed by atoms with E-state index in [1.807, 2.05) is 23.9 Å². The van der Waals surface area contributed by atoms with Crippen LogP contribution in [0.25, 0.3) is 0 Å². The van der Waals surface area contributed by atoms with Crippen LogP contribution >= 0.6 is 11.8 Å². The molecule has 2 aromatic rings. The highest BCUT2D eigenvalue weighted by atomic mass is 32.2. The summed E-state index contributed by atoms with van der Waals surface area (Å²) in [4.78, 5) is 25.8. The second-order valence-electron chi connectivity index (χ2n) is 8.23. The number of halogens is 1. The second-order valence-corrected chi connectivity index (χ2v) is 9.45. The van der Waals surface area contributed by atoms with Gasteiger partial charge in [-0.25, -0.2) is 14.0 Å². The van der Waals surface area contributed by atoms with Gasteiger partial charge in [-0.3, -0.25) is 0 Å². The lowest BCUT2D eigenvalue weighted by Crippen LogP contribution is -2.39. The molecule has 0 aliphatic carbocycles. The number of benzene rings is 2. The number of thioether (sulfide) groups is 1. The van der Waals surface area contributed by atoms with Crippen molar-refractivity contribution >= 4 is 29.4 Å². The molecule has 0 saturated carbocycles. The molecule has 0 bridgehead atoms. The monoisotopic (exact) mass is 520 g/mol. The number of anilines is 1.